The minimum Gasteiger partial charge on any atom is -0.341 e. The Labute approximate surface area is 137 Å². The first-order chi connectivity index (χ1) is 10.9. The molecule has 1 atom stereocenters. The fourth-order valence-corrected chi connectivity index (χ4v) is 4.13. The van der Waals surface area contributed by atoms with Crippen LogP contribution in [0.2, 0.25) is 0 Å². The lowest BCUT2D eigenvalue weighted by molar-refractivity contribution is 0.446. The molecule has 1 aromatic heterocycles. The second-order valence-corrected chi connectivity index (χ2v) is 8.54. The monoisotopic (exact) mass is 339 g/mol. The fraction of sp³-hybridized carbons (Fsp3) is 0.733. The highest BCUT2D eigenvalue weighted by Gasteiger charge is 2.27. The maximum absolute atomic E-state index is 12.1. The van der Waals surface area contributed by atoms with Gasteiger partial charge in [-0.15, -0.1) is 0 Å². The summed E-state index contributed by atoms with van der Waals surface area (Å²) in [6.07, 6.45) is 6.53. The van der Waals surface area contributed by atoms with Crippen LogP contribution in [0.1, 0.15) is 37.3 Å². The topological polar surface area (TPSA) is 101 Å². The minimum absolute atomic E-state index is 0.127. The summed E-state index contributed by atoms with van der Waals surface area (Å²) < 4.78 is 24.2. The Morgan fingerprint density at radius 2 is 2.04 bits per heavy atom. The van der Waals surface area contributed by atoms with Crippen LogP contribution in [0.25, 0.3) is 0 Å². The van der Waals surface area contributed by atoms with E-state index < -0.39 is 9.84 Å². The van der Waals surface area contributed by atoms with E-state index in [9.17, 15) is 8.42 Å². The van der Waals surface area contributed by atoms with Gasteiger partial charge in [-0.2, -0.15) is 0 Å². The number of nitrogens with two attached hydrogens (primary N) is 1. The number of nitrogens with zero attached hydrogens (tertiary/aromatic N) is 3. The molecule has 128 valence electrons. The number of rotatable bonds is 3. The number of hydrogen-bond acceptors (Lipinski definition) is 7. The average Bonchev–Trinajstić information content (AvgIpc) is 2.55. The van der Waals surface area contributed by atoms with Gasteiger partial charge < -0.3 is 16.0 Å². The van der Waals surface area contributed by atoms with Crippen molar-refractivity contribution >= 4 is 15.8 Å². The highest BCUT2D eigenvalue weighted by atomic mass is 32.2. The molecule has 0 amide bonds. The molecule has 0 aromatic carbocycles. The summed E-state index contributed by atoms with van der Waals surface area (Å²) in [5.74, 6) is 0.757. The molecule has 0 saturated carbocycles. The Kier molecular flexibility index (Phi) is 4.84. The molecule has 2 fully saturated rings. The molecule has 1 aromatic rings. The summed E-state index contributed by atoms with van der Waals surface area (Å²) in [4.78, 5) is 11.4. The van der Waals surface area contributed by atoms with E-state index in [1.807, 2.05) is 0 Å². The van der Waals surface area contributed by atoms with Crippen LogP contribution in [-0.4, -0.2) is 56.9 Å². The number of sulfone groups is 1. The molecule has 0 spiro atoms. The Morgan fingerprint density at radius 3 is 2.65 bits per heavy atom. The lowest BCUT2D eigenvalue weighted by Gasteiger charge is -2.31. The van der Waals surface area contributed by atoms with Crippen molar-refractivity contribution in [2.45, 2.75) is 42.5 Å². The molecule has 0 radical (unpaired) electrons. The second-order valence-electron chi connectivity index (χ2n) is 6.56. The Morgan fingerprint density at radius 1 is 1.30 bits per heavy atom. The van der Waals surface area contributed by atoms with Crippen LogP contribution >= 0.6 is 0 Å². The molecule has 2 aliphatic heterocycles. The molecule has 1 unspecified atom stereocenters. The predicted octanol–water partition coefficient (Wildman–Crippen LogP) is 0.275. The molecule has 2 saturated heterocycles. The summed E-state index contributed by atoms with van der Waals surface area (Å²) in [5, 5.41) is 3.33. The quantitative estimate of drug-likeness (QED) is 0.815. The number of hydrogen-bond donors (Lipinski definition) is 2. The van der Waals surface area contributed by atoms with Crippen LogP contribution in [0.5, 0.6) is 0 Å². The van der Waals surface area contributed by atoms with Crippen molar-refractivity contribution in [2.24, 2.45) is 5.73 Å². The third-order valence-electron chi connectivity index (χ3n) is 4.68. The van der Waals surface area contributed by atoms with Crippen molar-refractivity contribution in [3.05, 3.63) is 11.9 Å². The molecular formula is C15H25N5O2S. The first-order valence-corrected chi connectivity index (χ1v) is 10.1. The first kappa shape index (κ1) is 16.6. The van der Waals surface area contributed by atoms with Gasteiger partial charge in [0.2, 0.25) is 5.95 Å². The molecule has 7 nitrogen and oxygen atoms in total. The van der Waals surface area contributed by atoms with Crippen LogP contribution in [0, 0.1) is 0 Å². The van der Waals surface area contributed by atoms with Gasteiger partial charge in [-0.3, -0.25) is 0 Å². The lowest BCUT2D eigenvalue weighted by atomic mass is 9.96. The van der Waals surface area contributed by atoms with Crippen LogP contribution < -0.4 is 16.0 Å². The Balaban J connectivity index is 1.94. The van der Waals surface area contributed by atoms with Crippen LogP contribution in [-0.2, 0) is 9.84 Å². The van der Waals surface area contributed by atoms with Gasteiger partial charge in [0.05, 0.1) is 11.9 Å². The zero-order valence-electron chi connectivity index (χ0n) is 13.5. The predicted molar refractivity (Wildman–Crippen MR) is 89.4 cm³/mol. The van der Waals surface area contributed by atoms with Gasteiger partial charge in [0.15, 0.2) is 9.84 Å². The van der Waals surface area contributed by atoms with Gasteiger partial charge in [0.1, 0.15) is 4.90 Å². The van der Waals surface area contributed by atoms with Gasteiger partial charge in [-0.1, -0.05) is 0 Å². The normalized spacial score (nSPS) is 23.9. The Bertz CT molecular complexity index is 650. The summed E-state index contributed by atoms with van der Waals surface area (Å²) in [7, 11) is -3.33. The van der Waals surface area contributed by atoms with Crippen molar-refractivity contribution in [1.29, 1.82) is 0 Å². The molecule has 3 heterocycles. The number of nitrogens with one attached hydrogen (secondary N) is 1. The van der Waals surface area contributed by atoms with Crippen molar-refractivity contribution < 1.29 is 8.42 Å². The van der Waals surface area contributed by atoms with E-state index in [0.717, 1.165) is 51.9 Å². The largest absolute Gasteiger partial charge is 0.341 e. The smallest absolute Gasteiger partial charge is 0.225 e. The average molecular weight is 339 g/mol. The molecular weight excluding hydrogens is 314 g/mol. The van der Waals surface area contributed by atoms with E-state index in [1.54, 1.807) is 0 Å². The standard InChI is InChI=1S/C15H25N5O2S/c1-23(21,22)13-10-18-15(20-7-4-12(16)5-8-20)19-14(13)11-3-2-6-17-9-11/h10-12,17H,2-9,16H2,1H3. The van der Waals surface area contributed by atoms with E-state index >= 15 is 0 Å². The third kappa shape index (κ3) is 3.81. The molecule has 0 bridgehead atoms. The maximum atomic E-state index is 12.1. The van der Waals surface area contributed by atoms with Crippen molar-refractivity contribution in [3.63, 3.8) is 0 Å². The SMILES string of the molecule is CS(=O)(=O)c1cnc(N2CCC(N)CC2)nc1C1CCCNC1. The van der Waals surface area contributed by atoms with E-state index in [1.165, 1.54) is 12.5 Å². The van der Waals surface area contributed by atoms with Crippen LogP contribution in [0.4, 0.5) is 5.95 Å². The van der Waals surface area contributed by atoms with E-state index in [4.69, 9.17) is 5.73 Å². The van der Waals surface area contributed by atoms with Gasteiger partial charge >= 0.3 is 0 Å². The first-order valence-electron chi connectivity index (χ1n) is 8.23. The molecule has 3 rings (SSSR count). The van der Waals surface area contributed by atoms with E-state index in [-0.39, 0.29) is 16.9 Å². The molecule has 2 aliphatic rings. The zero-order valence-corrected chi connectivity index (χ0v) is 14.3. The molecule has 8 heteroatoms. The molecule has 0 aliphatic carbocycles. The van der Waals surface area contributed by atoms with Gasteiger partial charge in [-0.05, 0) is 32.2 Å². The van der Waals surface area contributed by atoms with Crippen molar-refractivity contribution in [3.8, 4) is 0 Å². The summed E-state index contributed by atoms with van der Waals surface area (Å²) in [5.41, 5.74) is 6.61. The van der Waals surface area contributed by atoms with Gasteiger partial charge in [0.25, 0.3) is 0 Å². The number of anilines is 1. The third-order valence-corrected chi connectivity index (χ3v) is 5.79. The van der Waals surface area contributed by atoms with Crippen LogP contribution in [0.3, 0.4) is 0 Å². The van der Waals surface area contributed by atoms with E-state index in [2.05, 4.69) is 20.2 Å². The minimum atomic E-state index is -3.33. The highest BCUT2D eigenvalue weighted by molar-refractivity contribution is 7.90. The number of piperidine rings is 2. The van der Waals surface area contributed by atoms with Crippen molar-refractivity contribution in [2.75, 3.05) is 37.3 Å². The summed E-state index contributed by atoms with van der Waals surface area (Å²) >= 11 is 0. The van der Waals surface area contributed by atoms with Gasteiger partial charge in [-0.25, -0.2) is 18.4 Å². The van der Waals surface area contributed by atoms with Gasteiger partial charge in [0, 0.05) is 37.8 Å². The summed E-state index contributed by atoms with van der Waals surface area (Å²) in [6.45, 7) is 3.39. The second kappa shape index (κ2) is 6.70. The molecule has 23 heavy (non-hydrogen) atoms. The zero-order chi connectivity index (χ0) is 16.4. The summed E-state index contributed by atoms with van der Waals surface area (Å²) in [6, 6.07) is 0.239. The van der Waals surface area contributed by atoms with Crippen LogP contribution in [0.15, 0.2) is 11.1 Å². The molecule has 3 N–H and O–H groups in total. The van der Waals surface area contributed by atoms with Crippen molar-refractivity contribution in [1.82, 2.24) is 15.3 Å². The van der Waals surface area contributed by atoms with E-state index in [0.29, 0.717) is 11.6 Å². The maximum Gasteiger partial charge on any atom is 0.225 e. The Hall–Kier alpha value is -1.25. The number of aromatic nitrogens is 2. The fourth-order valence-electron chi connectivity index (χ4n) is 3.29. The highest BCUT2D eigenvalue weighted by Crippen LogP contribution is 2.29. The lowest BCUT2D eigenvalue weighted by Crippen LogP contribution is -2.40.